The highest BCUT2D eigenvalue weighted by Crippen LogP contribution is 2.26. The lowest BCUT2D eigenvalue weighted by molar-refractivity contribution is 0.240. The number of benzene rings is 1. The molecule has 0 amide bonds. The van der Waals surface area contributed by atoms with Crippen LogP contribution in [0.25, 0.3) is 0 Å². The summed E-state index contributed by atoms with van der Waals surface area (Å²) in [5.74, 6) is 0. The van der Waals surface area contributed by atoms with E-state index < -0.39 is 0 Å². The molecule has 0 aliphatic carbocycles. The van der Waals surface area contributed by atoms with Crippen molar-refractivity contribution in [1.82, 2.24) is 10.2 Å². The largest absolute Gasteiger partial charge is 0.315 e. The van der Waals surface area contributed by atoms with Gasteiger partial charge < -0.3 is 5.32 Å². The summed E-state index contributed by atoms with van der Waals surface area (Å²) in [6.07, 6.45) is 2.65. The third kappa shape index (κ3) is 3.44. The molecule has 2 rings (SSSR count). The molecule has 1 aliphatic rings. The number of nitrogens with one attached hydrogen (secondary N) is 1. The molecule has 0 radical (unpaired) electrons. The summed E-state index contributed by atoms with van der Waals surface area (Å²) < 4.78 is 0. The Hall–Kier alpha value is -0.570. The molecule has 0 saturated carbocycles. The van der Waals surface area contributed by atoms with Crippen LogP contribution >= 0.6 is 11.6 Å². The first kappa shape index (κ1) is 12.9. The molecule has 17 heavy (non-hydrogen) atoms. The number of likely N-dealkylation sites (tertiary alicyclic amines) is 1. The van der Waals surface area contributed by atoms with E-state index in [1.54, 1.807) is 0 Å². The summed E-state index contributed by atoms with van der Waals surface area (Å²) >= 11 is 6.09. The van der Waals surface area contributed by atoms with Crippen molar-refractivity contribution in [2.75, 3.05) is 26.2 Å². The van der Waals surface area contributed by atoms with E-state index in [-0.39, 0.29) is 0 Å². The molecular weight excluding hydrogens is 232 g/mol. The second-order valence-corrected chi connectivity index (χ2v) is 5.06. The van der Waals surface area contributed by atoms with Crippen molar-refractivity contribution in [2.24, 2.45) is 0 Å². The van der Waals surface area contributed by atoms with Crippen molar-refractivity contribution in [3.63, 3.8) is 0 Å². The van der Waals surface area contributed by atoms with Gasteiger partial charge in [-0.2, -0.15) is 0 Å². The normalized spacial score (nSPS) is 18.5. The maximum Gasteiger partial charge on any atom is 0.0473 e. The molecule has 1 heterocycles. The minimum Gasteiger partial charge on any atom is -0.315 e. The lowest BCUT2D eigenvalue weighted by Crippen LogP contribution is -2.34. The molecule has 1 atom stereocenters. The average molecular weight is 253 g/mol. The standard InChI is InChI=1S/C14H21ClN2/c1-2-16-11-14(17-8-3-4-9-17)12-6-5-7-13(15)10-12/h5-7,10,14,16H,2-4,8-9,11H2,1H3. The molecule has 1 fully saturated rings. The first-order valence-corrected chi connectivity index (χ1v) is 6.89. The summed E-state index contributed by atoms with van der Waals surface area (Å²) in [7, 11) is 0. The van der Waals surface area contributed by atoms with Crippen LogP contribution in [0.15, 0.2) is 24.3 Å². The monoisotopic (exact) mass is 252 g/mol. The van der Waals surface area contributed by atoms with Gasteiger partial charge in [-0.1, -0.05) is 30.7 Å². The average Bonchev–Trinajstić information content (AvgIpc) is 2.83. The lowest BCUT2D eigenvalue weighted by Gasteiger charge is -2.28. The first-order chi connectivity index (χ1) is 8.31. The zero-order valence-corrected chi connectivity index (χ0v) is 11.2. The molecular formula is C14H21ClN2. The number of hydrogen-bond donors (Lipinski definition) is 1. The smallest absolute Gasteiger partial charge is 0.0473 e. The highest BCUT2D eigenvalue weighted by molar-refractivity contribution is 6.30. The van der Waals surface area contributed by atoms with Gasteiger partial charge in [-0.3, -0.25) is 4.90 Å². The molecule has 1 unspecified atom stereocenters. The van der Waals surface area contributed by atoms with Crippen LogP contribution in [0.5, 0.6) is 0 Å². The van der Waals surface area contributed by atoms with Gasteiger partial charge in [-0.15, -0.1) is 0 Å². The Morgan fingerprint density at radius 3 is 2.76 bits per heavy atom. The van der Waals surface area contributed by atoms with Crippen LogP contribution in [-0.2, 0) is 0 Å². The molecule has 1 aromatic rings. The number of halogens is 1. The van der Waals surface area contributed by atoms with Crippen LogP contribution in [0.3, 0.4) is 0 Å². The Morgan fingerprint density at radius 2 is 2.12 bits per heavy atom. The minimum atomic E-state index is 0.469. The first-order valence-electron chi connectivity index (χ1n) is 6.51. The molecule has 0 spiro atoms. The van der Waals surface area contributed by atoms with Crippen molar-refractivity contribution < 1.29 is 0 Å². The highest BCUT2D eigenvalue weighted by Gasteiger charge is 2.22. The van der Waals surface area contributed by atoms with E-state index in [2.05, 4.69) is 29.3 Å². The van der Waals surface area contributed by atoms with E-state index in [1.807, 2.05) is 12.1 Å². The number of nitrogens with zero attached hydrogens (tertiary/aromatic N) is 1. The lowest BCUT2D eigenvalue weighted by atomic mass is 10.1. The SMILES string of the molecule is CCNCC(c1cccc(Cl)c1)N1CCCC1. The molecule has 1 aliphatic heterocycles. The Morgan fingerprint density at radius 1 is 1.35 bits per heavy atom. The predicted octanol–water partition coefficient (Wildman–Crippen LogP) is 3.09. The van der Waals surface area contributed by atoms with Crippen LogP contribution in [-0.4, -0.2) is 31.1 Å². The highest BCUT2D eigenvalue weighted by atomic mass is 35.5. The minimum absolute atomic E-state index is 0.469. The Labute approximate surface area is 109 Å². The van der Waals surface area contributed by atoms with Crippen molar-refractivity contribution >= 4 is 11.6 Å². The summed E-state index contributed by atoms with van der Waals surface area (Å²) in [5, 5.41) is 4.29. The molecule has 1 aromatic carbocycles. The van der Waals surface area contributed by atoms with Crippen LogP contribution in [0.1, 0.15) is 31.4 Å². The molecule has 1 N–H and O–H groups in total. The summed E-state index contributed by atoms with van der Waals surface area (Å²) in [5.41, 5.74) is 1.33. The van der Waals surface area contributed by atoms with E-state index in [1.165, 1.54) is 31.5 Å². The van der Waals surface area contributed by atoms with Gasteiger partial charge in [0.1, 0.15) is 0 Å². The maximum atomic E-state index is 6.09. The fraction of sp³-hybridized carbons (Fsp3) is 0.571. The Kier molecular flexibility index (Phi) is 4.84. The fourth-order valence-electron chi connectivity index (χ4n) is 2.51. The van der Waals surface area contributed by atoms with Crippen molar-refractivity contribution in [3.05, 3.63) is 34.9 Å². The zero-order valence-electron chi connectivity index (χ0n) is 10.5. The van der Waals surface area contributed by atoms with Gasteiger partial charge in [0.05, 0.1) is 0 Å². The van der Waals surface area contributed by atoms with Gasteiger partial charge in [0.25, 0.3) is 0 Å². The molecule has 2 nitrogen and oxygen atoms in total. The maximum absolute atomic E-state index is 6.09. The van der Waals surface area contributed by atoms with E-state index in [4.69, 9.17) is 11.6 Å². The van der Waals surface area contributed by atoms with Gasteiger partial charge in [0.2, 0.25) is 0 Å². The van der Waals surface area contributed by atoms with Gasteiger partial charge in [-0.25, -0.2) is 0 Å². The van der Waals surface area contributed by atoms with Gasteiger partial charge in [0.15, 0.2) is 0 Å². The third-order valence-corrected chi connectivity index (χ3v) is 3.64. The zero-order chi connectivity index (χ0) is 12.1. The van der Waals surface area contributed by atoms with Gasteiger partial charge >= 0.3 is 0 Å². The summed E-state index contributed by atoms with van der Waals surface area (Å²) in [4.78, 5) is 2.56. The molecule has 94 valence electrons. The topological polar surface area (TPSA) is 15.3 Å². The Bertz CT molecular complexity index is 348. The van der Waals surface area contributed by atoms with Gasteiger partial charge in [-0.05, 0) is 50.2 Å². The fourth-order valence-corrected chi connectivity index (χ4v) is 2.70. The second-order valence-electron chi connectivity index (χ2n) is 4.62. The number of likely N-dealkylation sites (N-methyl/N-ethyl adjacent to an activating group) is 1. The van der Waals surface area contributed by atoms with E-state index >= 15 is 0 Å². The van der Waals surface area contributed by atoms with Crippen LogP contribution in [0, 0.1) is 0 Å². The van der Waals surface area contributed by atoms with Crippen LogP contribution < -0.4 is 5.32 Å². The molecule has 1 saturated heterocycles. The van der Waals surface area contributed by atoms with E-state index in [9.17, 15) is 0 Å². The number of rotatable bonds is 5. The van der Waals surface area contributed by atoms with Crippen LogP contribution in [0.4, 0.5) is 0 Å². The summed E-state index contributed by atoms with van der Waals surface area (Å²) in [6.45, 7) is 6.60. The van der Waals surface area contributed by atoms with E-state index in [0.717, 1.165) is 18.1 Å². The molecule has 0 bridgehead atoms. The predicted molar refractivity (Wildman–Crippen MR) is 73.5 cm³/mol. The van der Waals surface area contributed by atoms with Gasteiger partial charge in [0, 0.05) is 17.6 Å². The second kappa shape index (κ2) is 6.39. The summed E-state index contributed by atoms with van der Waals surface area (Å²) in [6, 6.07) is 8.75. The third-order valence-electron chi connectivity index (χ3n) is 3.40. The molecule has 3 heteroatoms. The number of hydrogen-bond acceptors (Lipinski definition) is 2. The van der Waals surface area contributed by atoms with Crippen molar-refractivity contribution in [2.45, 2.75) is 25.8 Å². The van der Waals surface area contributed by atoms with Crippen molar-refractivity contribution in [1.29, 1.82) is 0 Å². The van der Waals surface area contributed by atoms with Crippen molar-refractivity contribution in [3.8, 4) is 0 Å². The molecule has 0 aromatic heterocycles. The van der Waals surface area contributed by atoms with Crippen LogP contribution in [0.2, 0.25) is 5.02 Å². The van der Waals surface area contributed by atoms with E-state index in [0.29, 0.717) is 6.04 Å². The Balaban J connectivity index is 2.13. The quantitative estimate of drug-likeness (QED) is 0.867.